The molecule has 6 nitrogen and oxygen atoms in total. The molecule has 6 heteroatoms. The lowest BCUT2D eigenvalue weighted by atomic mass is 10.2. The molecule has 2 aromatic heterocycles. The van der Waals surface area contributed by atoms with Crippen LogP contribution in [0, 0.1) is 6.92 Å². The van der Waals surface area contributed by atoms with E-state index in [9.17, 15) is 9.59 Å². The number of hydrogen-bond donors (Lipinski definition) is 2. The van der Waals surface area contributed by atoms with E-state index < -0.39 is 0 Å². The molecule has 0 fully saturated rings. The Morgan fingerprint density at radius 2 is 2.22 bits per heavy atom. The van der Waals surface area contributed by atoms with Gasteiger partial charge in [-0.2, -0.15) is 0 Å². The van der Waals surface area contributed by atoms with Gasteiger partial charge in [0.15, 0.2) is 5.65 Å². The number of amides is 1. The van der Waals surface area contributed by atoms with E-state index in [0.29, 0.717) is 11.2 Å². The molecule has 0 unspecified atom stereocenters. The maximum atomic E-state index is 12.5. The SMILES string of the molecule is Cc1cccc(NC(=O)c2c[nH]n3c(=O)c4c(nc23)CCC4)c1. The number of nitrogens with one attached hydrogen (secondary N) is 2. The van der Waals surface area contributed by atoms with Crippen molar-refractivity contribution in [2.75, 3.05) is 5.32 Å². The van der Waals surface area contributed by atoms with E-state index in [0.717, 1.165) is 41.8 Å². The van der Waals surface area contributed by atoms with Gasteiger partial charge in [0.05, 0.1) is 5.69 Å². The topological polar surface area (TPSA) is 79.3 Å². The summed E-state index contributed by atoms with van der Waals surface area (Å²) in [6.07, 6.45) is 4.03. The highest BCUT2D eigenvalue weighted by Gasteiger charge is 2.22. The molecule has 0 saturated heterocycles. The molecule has 23 heavy (non-hydrogen) atoms. The summed E-state index contributed by atoms with van der Waals surface area (Å²) in [7, 11) is 0. The quantitative estimate of drug-likeness (QED) is 0.760. The fourth-order valence-electron chi connectivity index (χ4n) is 3.07. The number of aromatic nitrogens is 3. The van der Waals surface area contributed by atoms with Gasteiger partial charge < -0.3 is 5.32 Å². The summed E-state index contributed by atoms with van der Waals surface area (Å²) in [6, 6.07) is 7.57. The highest BCUT2D eigenvalue weighted by molar-refractivity contribution is 6.08. The smallest absolute Gasteiger partial charge is 0.276 e. The first kappa shape index (κ1) is 13.8. The first-order chi connectivity index (χ1) is 11.1. The zero-order valence-electron chi connectivity index (χ0n) is 12.7. The Morgan fingerprint density at radius 3 is 3.04 bits per heavy atom. The van der Waals surface area contributed by atoms with E-state index in [1.54, 1.807) is 0 Å². The number of carbonyl (C=O) groups is 1. The molecule has 1 amide bonds. The largest absolute Gasteiger partial charge is 0.322 e. The van der Waals surface area contributed by atoms with E-state index in [1.165, 1.54) is 10.7 Å². The second-order valence-corrected chi connectivity index (χ2v) is 5.87. The van der Waals surface area contributed by atoms with Crippen LogP contribution in [0.4, 0.5) is 5.69 Å². The minimum atomic E-state index is -0.279. The molecule has 0 saturated carbocycles. The number of benzene rings is 1. The molecule has 116 valence electrons. The van der Waals surface area contributed by atoms with Gasteiger partial charge in [-0.05, 0) is 43.9 Å². The van der Waals surface area contributed by atoms with Crippen molar-refractivity contribution in [1.29, 1.82) is 0 Å². The Bertz CT molecular complexity index is 984. The first-order valence-electron chi connectivity index (χ1n) is 7.63. The zero-order chi connectivity index (χ0) is 16.0. The van der Waals surface area contributed by atoms with E-state index in [2.05, 4.69) is 15.4 Å². The summed E-state index contributed by atoms with van der Waals surface area (Å²) >= 11 is 0. The van der Waals surface area contributed by atoms with Crippen molar-refractivity contribution in [2.45, 2.75) is 26.2 Å². The molecular formula is C17H16N4O2. The number of hydrogen-bond acceptors (Lipinski definition) is 3. The molecule has 0 bridgehead atoms. The molecule has 2 N–H and O–H groups in total. The second-order valence-electron chi connectivity index (χ2n) is 5.87. The summed E-state index contributed by atoms with van der Waals surface area (Å²) in [5.41, 5.74) is 4.03. The number of rotatable bonds is 2. The molecule has 0 spiro atoms. The van der Waals surface area contributed by atoms with Gasteiger partial charge in [0.1, 0.15) is 5.56 Å². The molecule has 0 atom stereocenters. The van der Waals surface area contributed by atoms with Crippen molar-refractivity contribution in [3.05, 3.63) is 63.2 Å². The molecule has 0 aliphatic heterocycles. The molecule has 0 radical (unpaired) electrons. The molecule has 4 rings (SSSR count). The number of aromatic amines is 1. The van der Waals surface area contributed by atoms with Crippen LogP contribution in [-0.4, -0.2) is 20.5 Å². The first-order valence-corrected chi connectivity index (χ1v) is 7.63. The van der Waals surface area contributed by atoms with Gasteiger partial charge in [-0.3, -0.25) is 14.7 Å². The summed E-state index contributed by atoms with van der Waals surface area (Å²) in [5, 5.41) is 5.70. The van der Waals surface area contributed by atoms with Crippen LogP contribution >= 0.6 is 0 Å². The Labute approximate surface area is 132 Å². The van der Waals surface area contributed by atoms with Crippen LogP contribution in [0.3, 0.4) is 0 Å². The van der Waals surface area contributed by atoms with E-state index in [4.69, 9.17) is 0 Å². The third-order valence-electron chi connectivity index (χ3n) is 4.20. The maximum absolute atomic E-state index is 12.5. The van der Waals surface area contributed by atoms with Gasteiger partial charge in [0.2, 0.25) is 0 Å². The summed E-state index contributed by atoms with van der Waals surface area (Å²) in [4.78, 5) is 29.5. The van der Waals surface area contributed by atoms with Crippen molar-refractivity contribution in [1.82, 2.24) is 14.6 Å². The highest BCUT2D eigenvalue weighted by atomic mass is 16.2. The van der Waals surface area contributed by atoms with E-state index in [-0.39, 0.29) is 11.5 Å². The predicted octanol–water partition coefficient (Wildman–Crippen LogP) is 2.07. The van der Waals surface area contributed by atoms with Crippen molar-refractivity contribution in [3.63, 3.8) is 0 Å². The second kappa shape index (κ2) is 5.08. The van der Waals surface area contributed by atoms with Gasteiger partial charge in [0.25, 0.3) is 11.5 Å². The molecule has 1 aromatic carbocycles. The van der Waals surface area contributed by atoms with Crippen molar-refractivity contribution < 1.29 is 4.79 Å². The van der Waals surface area contributed by atoms with Crippen LogP contribution in [0.5, 0.6) is 0 Å². The van der Waals surface area contributed by atoms with Gasteiger partial charge in [-0.15, -0.1) is 0 Å². The van der Waals surface area contributed by atoms with Crippen LogP contribution in [0.25, 0.3) is 5.65 Å². The Morgan fingerprint density at radius 1 is 1.35 bits per heavy atom. The molecular weight excluding hydrogens is 292 g/mol. The molecule has 1 aliphatic carbocycles. The average molecular weight is 308 g/mol. The minimum Gasteiger partial charge on any atom is -0.322 e. The van der Waals surface area contributed by atoms with Crippen molar-refractivity contribution in [2.24, 2.45) is 0 Å². The fraction of sp³-hybridized carbons (Fsp3) is 0.235. The van der Waals surface area contributed by atoms with Crippen molar-refractivity contribution in [3.8, 4) is 0 Å². The monoisotopic (exact) mass is 308 g/mol. The normalized spacial score (nSPS) is 13.3. The zero-order valence-corrected chi connectivity index (χ0v) is 12.7. The number of nitrogens with zero attached hydrogens (tertiary/aromatic N) is 2. The number of H-pyrrole nitrogens is 1. The van der Waals surface area contributed by atoms with Gasteiger partial charge in [-0.25, -0.2) is 9.50 Å². The van der Waals surface area contributed by atoms with Crippen LogP contribution in [0.15, 0.2) is 35.3 Å². The summed E-state index contributed by atoms with van der Waals surface area (Å²) < 4.78 is 1.36. The molecule has 2 heterocycles. The Balaban J connectivity index is 1.76. The number of aryl methyl sites for hydroxylation is 2. The Hall–Kier alpha value is -2.89. The van der Waals surface area contributed by atoms with Crippen LogP contribution < -0.4 is 10.9 Å². The van der Waals surface area contributed by atoms with Crippen molar-refractivity contribution >= 4 is 17.2 Å². The number of fused-ring (bicyclic) bond motifs is 2. The fourth-order valence-corrected chi connectivity index (χ4v) is 3.07. The maximum Gasteiger partial charge on any atom is 0.276 e. The molecule has 3 aromatic rings. The van der Waals surface area contributed by atoms with E-state index >= 15 is 0 Å². The van der Waals surface area contributed by atoms with Crippen LogP contribution in [0.2, 0.25) is 0 Å². The lowest BCUT2D eigenvalue weighted by molar-refractivity contribution is 0.102. The third-order valence-corrected chi connectivity index (χ3v) is 4.20. The van der Waals surface area contributed by atoms with Gasteiger partial charge >= 0.3 is 0 Å². The van der Waals surface area contributed by atoms with Crippen LogP contribution in [-0.2, 0) is 12.8 Å². The number of carbonyl (C=O) groups excluding carboxylic acids is 1. The average Bonchev–Trinajstić information content (AvgIpc) is 3.14. The molecule has 1 aliphatic rings. The highest BCUT2D eigenvalue weighted by Crippen LogP contribution is 2.19. The van der Waals surface area contributed by atoms with Gasteiger partial charge in [-0.1, -0.05) is 12.1 Å². The lowest BCUT2D eigenvalue weighted by Gasteiger charge is -2.05. The lowest BCUT2D eigenvalue weighted by Crippen LogP contribution is -2.21. The summed E-state index contributed by atoms with van der Waals surface area (Å²) in [6.45, 7) is 1.96. The van der Waals surface area contributed by atoms with Crippen LogP contribution in [0.1, 0.15) is 33.6 Å². The predicted molar refractivity (Wildman–Crippen MR) is 87.0 cm³/mol. The van der Waals surface area contributed by atoms with E-state index in [1.807, 2.05) is 31.2 Å². The Kier molecular flexibility index (Phi) is 3.04. The number of anilines is 1. The third kappa shape index (κ3) is 2.23. The minimum absolute atomic E-state index is 0.0999. The summed E-state index contributed by atoms with van der Waals surface area (Å²) in [5.74, 6) is -0.279. The standard InChI is InChI=1S/C17H16N4O2/c1-10-4-2-5-11(8-10)19-16(22)13-9-18-21-15(13)20-14-7-3-6-12(14)17(21)23/h2,4-5,8-9,18H,3,6-7H2,1H3,(H,19,22). The van der Waals surface area contributed by atoms with Gasteiger partial charge in [0, 0.05) is 17.4 Å².